The van der Waals surface area contributed by atoms with Gasteiger partial charge in [-0.25, -0.2) is 0 Å². The Hall–Kier alpha value is -3.10. The monoisotopic (exact) mass is 416 g/mol. The number of nitriles is 1. The summed E-state index contributed by atoms with van der Waals surface area (Å²) in [5, 5.41) is 12.9. The predicted octanol–water partition coefficient (Wildman–Crippen LogP) is 6.01. The Morgan fingerprint density at radius 3 is 2.23 bits per heavy atom. The maximum Gasteiger partial charge on any atom is 0.232 e. The number of nitrogens with one attached hydrogen (secondary N) is 1. The Balaban J connectivity index is 1.85. The van der Waals surface area contributed by atoms with Crippen LogP contribution in [0.25, 0.3) is 11.5 Å². The summed E-state index contributed by atoms with van der Waals surface area (Å²) in [5.41, 5.74) is 3.81. The van der Waals surface area contributed by atoms with Crippen LogP contribution in [-0.2, 0) is 5.41 Å². The van der Waals surface area contributed by atoms with Gasteiger partial charge in [0.15, 0.2) is 0 Å². The fraction of sp³-hybridized carbons (Fsp3) is 0.385. The number of rotatable bonds is 8. The van der Waals surface area contributed by atoms with Gasteiger partial charge in [-0.2, -0.15) is 10.2 Å². The van der Waals surface area contributed by atoms with Crippen molar-refractivity contribution in [3.8, 4) is 17.5 Å². The average molecular weight is 417 g/mol. The summed E-state index contributed by atoms with van der Waals surface area (Å²) >= 11 is 0. The highest BCUT2D eigenvalue weighted by Crippen LogP contribution is 2.29. The first-order chi connectivity index (χ1) is 14.9. The third-order valence-corrected chi connectivity index (χ3v) is 5.62. The Morgan fingerprint density at radius 2 is 1.68 bits per heavy atom. The van der Waals surface area contributed by atoms with E-state index in [0.29, 0.717) is 18.3 Å². The lowest BCUT2D eigenvalue weighted by Gasteiger charge is -2.31. The summed E-state index contributed by atoms with van der Waals surface area (Å²) in [7, 11) is 0. The van der Waals surface area contributed by atoms with E-state index in [1.54, 1.807) is 0 Å². The van der Waals surface area contributed by atoms with Crippen molar-refractivity contribution in [1.82, 2.24) is 9.88 Å². The molecule has 0 fully saturated rings. The number of aromatic nitrogens is 1. The van der Waals surface area contributed by atoms with Gasteiger partial charge in [-0.15, -0.1) is 0 Å². The molecule has 5 nitrogen and oxygen atoms in total. The number of oxazole rings is 1. The van der Waals surface area contributed by atoms with Crippen LogP contribution in [-0.4, -0.2) is 29.5 Å². The molecule has 2 aromatic carbocycles. The van der Waals surface area contributed by atoms with Crippen LogP contribution in [0.1, 0.15) is 57.5 Å². The molecule has 0 spiro atoms. The van der Waals surface area contributed by atoms with E-state index in [1.165, 1.54) is 11.1 Å². The third kappa shape index (κ3) is 5.34. The SMILES string of the molecule is CCN(CC)C(CNc1oc(-c2ccccc2)nc1C#N)c1ccc(C(C)(C)C)cc1. The van der Waals surface area contributed by atoms with Crippen molar-refractivity contribution in [2.45, 2.75) is 46.1 Å². The first-order valence-electron chi connectivity index (χ1n) is 10.9. The van der Waals surface area contributed by atoms with Crippen LogP contribution in [0.3, 0.4) is 0 Å². The first-order valence-corrected chi connectivity index (χ1v) is 10.9. The summed E-state index contributed by atoms with van der Waals surface area (Å²) < 4.78 is 5.93. The molecule has 0 aliphatic heterocycles. The lowest BCUT2D eigenvalue weighted by Crippen LogP contribution is -2.33. The molecule has 1 aromatic heterocycles. The topological polar surface area (TPSA) is 65.1 Å². The minimum absolute atomic E-state index is 0.122. The van der Waals surface area contributed by atoms with Crippen molar-refractivity contribution in [3.05, 3.63) is 71.4 Å². The van der Waals surface area contributed by atoms with Gasteiger partial charge in [0.25, 0.3) is 0 Å². The van der Waals surface area contributed by atoms with Crippen LogP contribution < -0.4 is 5.32 Å². The Morgan fingerprint density at radius 1 is 1.03 bits per heavy atom. The Labute approximate surface area is 185 Å². The fourth-order valence-corrected chi connectivity index (χ4v) is 3.74. The molecule has 3 rings (SSSR count). The molecule has 1 heterocycles. The van der Waals surface area contributed by atoms with Gasteiger partial charge in [0, 0.05) is 12.1 Å². The van der Waals surface area contributed by atoms with Crippen molar-refractivity contribution in [1.29, 1.82) is 5.26 Å². The smallest absolute Gasteiger partial charge is 0.232 e. The highest BCUT2D eigenvalue weighted by molar-refractivity contribution is 5.58. The summed E-state index contributed by atoms with van der Waals surface area (Å²) in [6, 6.07) is 20.8. The highest BCUT2D eigenvalue weighted by atomic mass is 16.4. The second-order valence-electron chi connectivity index (χ2n) is 8.66. The van der Waals surface area contributed by atoms with Crippen LogP contribution in [0.15, 0.2) is 59.0 Å². The zero-order valence-electron chi connectivity index (χ0n) is 19.1. The minimum Gasteiger partial charge on any atom is -0.419 e. The number of benzene rings is 2. The molecule has 5 heteroatoms. The maximum absolute atomic E-state index is 9.55. The molecule has 0 aliphatic carbocycles. The first kappa shape index (κ1) is 22.6. The van der Waals surface area contributed by atoms with Crippen LogP contribution in [0.4, 0.5) is 5.88 Å². The molecule has 0 saturated carbocycles. The van der Waals surface area contributed by atoms with Gasteiger partial charge >= 0.3 is 0 Å². The third-order valence-electron chi connectivity index (χ3n) is 5.62. The lowest BCUT2D eigenvalue weighted by atomic mass is 9.86. The van der Waals surface area contributed by atoms with Gasteiger partial charge < -0.3 is 9.73 Å². The van der Waals surface area contributed by atoms with E-state index in [-0.39, 0.29) is 17.2 Å². The number of hydrogen-bond donors (Lipinski definition) is 1. The molecule has 0 radical (unpaired) electrons. The molecule has 0 aliphatic rings. The van der Waals surface area contributed by atoms with E-state index in [1.807, 2.05) is 30.3 Å². The second-order valence-corrected chi connectivity index (χ2v) is 8.66. The number of hydrogen-bond acceptors (Lipinski definition) is 5. The van der Waals surface area contributed by atoms with Crippen molar-refractivity contribution in [2.75, 3.05) is 25.0 Å². The van der Waals surface area contributed by atoms with E-state index in [9.17, 15) is 5.26 Å². The summed E-state index contributed by atoms with van der Waals surface area (Å²) in [4.78, 5) is 6.77. The molecule has 3 aromatic rings. The van der Waals surface area contributed by atoms with E-state index in [2.05, 4.69) is 80.2 Å². The molecule has 0 saturated heterocycles. The summed E-state index contributed by atoms with van der Waals surface area (Å²) in [6.07, 6.45) is 0. The van der Waals surface area contributed by atoms with E-state index in [4.69, 9.17) is 4.42 Å². The number of nitrogens with zero attached hydrogens (tertiary/aromatic N) is 3. The van der Waals surface area contributed by atoms with Crippen molar-refractivity contribution < 1.29 is 4.42 Å². The van der Waals surface area contributed by atoms with Gasteiger partial charge in [-0.05, 0) is 41.8 Å². The van der Waals surface area contributed by atoms with Crippen molar-refractivity contribution in [2.24, 2.45) is 0 Å². The normalized spacial score (nSPS) is 12.5. The Kier molecular flexibility index (Phi) is 7.14. The fourth-order valence-electron chi connectivity index (χ4n) is 3.74. The minimum atomic E-state index is 0.122. The molecule has 0 amide bonds. The van der Waals surface area contributed by atoms with Gasteiger partial charge in [-0.1, -0.05) is 77.1 Å². The molecule has 0 bridgehead atoms. The Bertz CT molecular complexity index is 1010. The predicted molar refractivity (Wildman–Crippen MR) is 126 cm³/mol. The van der Waals surface area contributed by atoms with E-state index in [0.717, 1.165) is 18.7 Å². The molecule has 1 atom stereocenters. The standard InChI is InChI=1S/C26H32N4O/c1-6-30(7-2)23(19-13-15-21(16-14-19)26(3,4)5)18-28-25-22(17-27)29-24(31-25)20-11-9-8-10-12-20/h8-16,23,28H,6-7,18H2,1-5H3. The second kappa shape index (κ2) is 9.80. The summed E-state index contributed by atoms with van der Waals surface area (Å²) in [5.74, 6) is 0.874. The number of anilines is 1. The largest absolute Gasteiger partial charge is 0.419 e. The zero-order valence-corrected chi connectivity index (χ0v) is 19.1. The van der Waals surface area contributed by atoms with Gasteiger partial charge in [-0.3, -0.25) is 4.90 Å². The summed E-state index contributed by atoms with van der Waals surface area (Å²) in [6.45, 7) is 13.5. The maximum atomic E-state index is 9.55. The van der Waals surface area contributed by atoms with E-state index >= 15 is 0 Å². The lowest BCUT2D eigenvalue weighted by molar-refractivity contribution is 0.227. The zero-order chi connectivity index (χ0) is 22.4. The van der Waals surface area contributed by atoms with Crippen LogP contribution >= 0.6 is 0 Å². The van der Waals surface area contributed by atoms with Crippen molar-refractivity contribution in [3.63, 3.8) is 0 Å². The van der Waals surface area contributed by atoms with Gasteiger partial charge in [0.1, 0.15) is 6.07 Å². The van der Waals surface area contributed by atoms with Crippen LogP contribution in [0.5, 0.6) is 0 Å². The average Bonchev–Trinajstić information content (AvgIpc) is 3.20. The molecule has 1 N–H and O–H groups in total. The van der Waals surface area contributed by atoms with Gasteiger partial charge in [0.2, 0.25) is 17.5 Å². The van der Waals surface area contributed by atoms with Crippen LogP contribution in [0.2, 0.25) is 0 Å². The van der Waals surface area contributed by atoms with Gasteiger partial charge in [0.05, 0.1) is 6.04 Å². The van der Waals surface area contributed by atoms with Crippen LogP contribution in [0, 0.1) is 11.3 Å². The molecule has 31 heavy (non-hydrogen) atoms. The number of likely N-dealkylation sites (N-methyl/N-ethyl adjacent to an activating group) is 1. The molecular formula is C26H32N4O. The quantitative estimate of drug-likeness (QED) is 0.487. The van der Waals surface area contributed by atoms with E-state index < -0.39 is 0 Å². The highest BCUT2D eigenvalue weighted by Gasteiger charge is 2.22. The molecular weight excluding hydrogens is 384 g/mol. The molecule has 1 unspecified atom stereocenters. The van der Waals surface area contributed by atoms with Crippen molar-refractivity contribution >= 4 is 5.88 Å². The molecule has 162 valence electrons.